The summed E-state index contributed by atoms with van der Waals surface area (Å²) in [5.41, 5.74) is 2.12. The molecule has 2 rings (SSSR count). The Morgan fingerprint density at radius 1 is 1.33 bits per heavy atom. The summed E-state index contributed by atoms with van der Waals surface area (Å²) in [6.45, 7) is 5.43. The Morgan fingerprint density at radius 2 is 2.11 bits per heavy atom. The normalized spacial score (nSPS) is 11.6. The maximum Gasteiger partial charge on any atom is 0.111 e. The second-order valence-corrected chi connectivity index (χ2v) is 5.75. The fourth-order valence-corrected chi connectivity index (χ4v) is 2.39. The second-order valence-electron chi connectivity index (χ2n) is 4.93. The van der Waals surface area contributed by atoms with Gasteiger partial charge < -0.3 is 4.57 Å². The molecule has 18 heavy (non-hydrogen) atoms. The van der Waals surface area contributed by atoms with Crippen LogP contribution in [-0.4, -0.2) is 15.4 Å². The quantitative estimate of drug-likeness (QED) is 0.739. The maximum absolute atomic E-state index is 6.07. The van der Waals surface area contributed by atoms with E-state index in [0.717, 1.165) is 41.3 Å². The van der Waals surface area contributed by atoms with E-state index in [2.05, 4.69) is 23.4 Å². The molecule has 0 radical (unpaired) electrons. The molecule has 0 unspecified atom stereocenters. The molecular formula is C14H18Cl2N2. The van der Waals surface area contributed by atoms with Crippen molar-refractivity contribution in [2.45, 2.75) is 33.2 Å². The molecular weight excluding hydrogens is 267 g/mol. The number of fused-ring (bicyclic) bond motifs is 1. The molecule has 1 aromatic carbocycles. The first-order chi connectivity index (χ1) is 8.61. The standard InChI is InChI=1S/C14H18Cl2N2/c1-10(2)6-8-18-13-9-11(16)3-4-12(13)17-14(18)5-7-15/h3-4,9-10H,5-8H2,1-2H3. The van der Waals surface area contributed by atoms with Crippen molar-refractivity contribution in [1.82, 2.24) is 9.55 Å². The van der Waals surface area contributed by atoms with Gasteiger partial charge in [-0.1, -0.05) is 25.4 Å². The predicted octanol–water partition coefficient (Wildman–Crippen LogP) is 4.52. The topological polar surface area (TPSA) is 17.8 Å². The van der Waals surface area contributed by atoms with Gasteiger partial charge in [-0.05, 0) is 30.5 Å². The minimum Gasteiger partial charge on any atom is -0.328 e. The number of benzene rings is 1. The first-order valence-corrected chi connectivity index (χ1v) is 7.23. The molecule has 0 aliphatic rings. The predicted molar refractivity (Wildman–Crippen MR) is 78.6 cm³/mol. The molecule has 1 aromatic heterocycles. The van der Waals surface area contributed by atoms with Crippen LogP contribution in [0.3, 0.4) is 0 Å². The average Bonchev–Trinajstić information content (AvgIpc) is 2.64. The lowest BCUT2D eigenvalue weighted by molar-refractivity contribution is 0.513. The van der Waals surface area contributed by atoms with Crippen LogP contribution in [0.15, 0.2) is 18.2 Å². The third-order valence-corrected chi connectivity index (χ3v) is 3.46. The minimum absolute atomic E-state index is 0.596. The van der Waals surface area contributed by atoms with Crippen molar-refractivity contribution in [3.05, 3.63) is 29.0 Å². The Labute approximate surface area is 118 Å². The first-order valence-electron chi connectivity index (χ1n) is 6.32. The van der Waals surface area contributed by atoms with Crippen molar-refractivity contribution >= 4 is 34.2 Å². The number of imidazole rings is 1. The molecule has 0 N–H and O–H groups in total. The van der Waals surface area contributed by atoms with Crippen LogP contribution in [-0.2, 0) is 13.0 Å². The fraction of sp³-hybridized carbons (Fsp3) is 0.500. The van der Waals surface area contributed by atoms with E-state index in [0.29, 0.717) is 11.8 Å². The Hall–Kier alpha value is -0.730. The molecule has 0 fully saturated rings. The average molecular weight is 285 g/mol. The van der Waals surface area contributed by atoms with Crippen molar-refractivity contribution in [3.8, 4) is 0 Å². The summed E-state index contributed by atoms with van der Waals surface area (Å²) in [7, 11) is 0. The SMILES string of the molecule is CC(C)CCn1c(CCCl)nc2ccc(Cl)cc21. The molecule has 0 bridgehead atoms. The number of aromatic nitrogens is 2. The van der Waals surface area contributed by atoms with Gasteiger partial charge in [0.1, 0.15) is 5.82 Å². The maximum atomic E-state index is 6.07. The lowest BCUT2D eigenvalue weighted by Gasteiger charge is -2.10. The Balaban J connectivity index is 2.43. The van der Waals surface area contributed by atoms with E-state index in [9.17, 15) is 0 Å². The molecule has 98 valence electrons. The van der Waals surface area contributed by atoms with E-state index in [1.165, 1.54) is 0 Å². The van der Waals surface area contributed by atoms with Crippen LogP contribution in [0.25, 0.3) is 11.0 Å². The van der Waals surface area contributed by atoms with E-state index >= 15 is 0 Å². The van der Waals surface area contributed by atoms with Gasteiger partial charge in [-0.2, -0.15) is 0 Å². The Morgan fingerprint density at radius 3 is 2.78 bits per heavy atom. The van der Waals surface area contributed by atoms with Gasteiger partial charge in [0.15, 0.2) is 0 Å². The van der Waals surface area contributed by atoms with Gasteiger partial charge in [0.2, 0.25) is 0 Å². The summed E-state index contributed by atoms with van der Waals surface area (Å²) in [6.07, 6.45) is 1.93. The number of halogens is 2. The zero-order chi connectivity index (χ0) is 13.1. The summed E-state index contributed by atoms with van der Waals surface area (Å²) in [5, 5.41) is 0.755. The van der Waals surface area contributed by atoms with E-state index in [-0.39, 0.29) is 0 Å². The van der Waals surface area contributed by atoms with Crippen molar-refractivity contribution in [2.24, 2.45) is 5.92 Å². The summed E-state index contributed by atoms with van der Waals surface area (Å²) in [5.74, 6) is 2.33. The van der Waals surface area contributed by atoms with Crippen LogP contribution in [0.4, 0.5) is 0 Å². The third-order valence-electron chi connectivity index (χ3n) is 3.04. The molecule has 0 amide bonds. The van der Waals surface area contributed by atoms with Gasteiger partial charge in [-0.15, -0.1) is 11.6 Å². The van der Waals surface area contributed by atoms with Gasteiger partial charge in [0.25, 0.3) is 0 Å². The molecule has 2 aromatic rings. The smallest absolute Gasteiger partial charge is 0.111 e. The molecule has 0 saturated heterocycles. The van der Waals surface area contributed by atoms with Gasteiger partial charge in [-0.25, -0.2) is 4.98 Å². The summed E-state index contributed by atoms with van der Waals surface area (Å²) >= 11 is 11.9. The van der Waals surface area contributed by atoms with Gasteiger partial charge in [0, 0.05) is 23.9 Å². The van der Waals surface area contributed by atoms with E-state index in [1.807, 2.05) is 18.2 Å². The zero-order valence-corrected chi connectivity index (χ0v) is 12.3. The van der Waals surface area contributed by atoms with Crippen molar-refractivity contribution < 1.29 is 0 Å². The van der Waals surface area contributed by atoms with Crippen LogP contribution in [0.5, 0.6) is 0 Å². The van der Waals surface area contributed by atoms with Gasteiger partial charge in [0.05, 0.1) is 11.0 Å². The fourth-order valence-electron chi connectivity index (χ4n) is 2.06. The lowest BCUT2D eigenvalue weighted by atomic mass is 10.1. The third kappa shape index (κ3) is 2.99. The highest BCUT2D eigenvalue weighted by molar-refractivity contribution is 6.31. The van der Waals surface area contributed by atoms with E-state index < -0.39 is 0 Å². The molecule has 0 atom stereocenters. The highest BCUT2D eigenvalue weighted by atomic mass is 35.5. The van der Waals surface area contributed by atoms with Gasteiger partial charge >= 0.3 is 0 Å². The van der Waals surface area contributed by atoms with E-state index in [1.54, 1.807) is 0 Å². The molecule has 0 aliphatic carbocycles. The highest BCUT2D eigenvalue weighted by Crippen LogP contribution is 2.22. The number of aryl methyl sites for hydroxylation is 2. The second kappa shape index (κ2) is 5.94. The van der Waals surface area contributed by atoms with E-state index in [4.69, 9.17) is 23.2 Å². The van der Waals surface area contributed by atoms with Crippen molar-refractivity contribution in [3.63, 3.8) is 0 Å². The minimum atomic E-state index is 0.596. The first kappa shape index (κ1) is 13.7. The highest BCUT2D eigenvalue weighted by Gasteiger charge is 2.11. The van der Waals surface area contributed by atoms with Crippen molar-refractivity contribution in [2.75, 3.05) is 5.88 Å². The van der Waals surface area contributed by atoms with Crippen LogP contribution in [0.2, 0.25) is 5.02 Å². The molecule has 0 saturated carbocycles. The van der Waals surface area contributed by atoms with Crippen molar-refractivity contribution in [1.29, 1.82) is 0 Å². The van der Waals surface area contributed by atoms with Crippen LogP contribution in [0, 0.1) is 5.92 Å². The van der Waals surface area contributed by atoms with Crippen LogP contribution >= 0.6 is 23.2 Å². The summed E-state index contributed by atoms with van der Waals surface area (Å²) in [6, 6.07) is 5.84. The monoisotopic (exact) mass is 284 g/mol. The largest absolute Gasteiger partial charge is 0.328 e. The number of nitrogens with zero attached hydrogens (tertiary/aromatic N) is 2. The van der Waals surface area contributed by atoms with Gasteiger partial charge in [-0.3, -0.25) is 0 Å². The molecule has 1 heterocycles. The molecule has 2 nitrogen and oxygen atoms in total. The Bertz CT molecular complexity index is 532. The number of rotatable bonds is 5. The number of alkyl halides is 1. The zero-order valence-electron chi connectivity index (χ0n) is 10.8. The summed E-state index contributed by atoms with van der Waals surface area (Å²) < 4.78 is 2.25. The Kier molecular flexibility index (Phi) is 4.52. The molecule has 0 spiro atoms. The molecule has 0 aliphatic heterocycles. The van der Waals surface area contributed by atoms with Crippen LogP contribution < -0.4 is 0 Å². The number of hydrogen-bond donors (Lipinski definition) is 0. The number of hydrogen-bond acceptors (Lipinski definition) is 1. The molecule has 4 heteroatoms. The van der Waals surface area contributed by atoms with Crippen LogP contribution in [0.1, 0.15) is 26.1 Å². The summed E-state index contributed by atoms with van der Waals surface area (Å²) in [4.78, 5) is 4.64. The lowest BCUT2D eigenvalue weighted by Crippen LogP contribution is -2.06.